The van der Waals surface area contributed by atoms with Crippen molar-refractivity contribution in [3.8, 4) is 0 Å². The van der Waals surface area contributed by atoms with E-state index in [-0.39, 0.29) is 5.41 Å². The maximum absolute atomic E-state index is 12.8. The summed E-state index contributed by atoms with van der Waals surface area (Å²) < 4.78 is 46.1. The molecule has 3 aliphatic rings. The number of thioether (sulfide) groups is 1. The number of aromatic nitrogens is 3. The Balaban J connectivity index is 1.06. The number of hydrogen-bond donors (Lipinski definition) is 0. The summed E-state index contributed by atoms with van der Waals surface area (Å²) in [6.07, 6.45) is 1.09. The third kappa shape index (κ3) is 4.95. The Kier molecular flexibility index (Phi) is 6.48. The Hall–Kier alpha value is -1.58. The minimum absolute atomic E-state index is 0.273. The quantitative estimate of drug-likeness (QED) is 0.408. The van der Waals surface area contributed by atoms with Crippen molar-refractivity contribution in [3.05, 3.63) is 41.2 Å². The molecule has 0 N–H and O–H groups in total. The number of nitrogens with zero attached hydrogens (tertiary/aromatic N) is 4. The van der Waals surface area contributed by atoms with Crippen LogP contribution in [0.1, 0.15) is 60.9 Å². The first kappa shape index (κ1) is 23.2. The molecule has 2 saturated heterocycles. The van der Waals surface area contributed by atoms with Gasteiger partial charge in [0, 0.05) is 38.5 Å². The number of hydrogen-bond acceptors (Lipinski definition) is 5. The molecule has 5 nitrogen and oxygen atoms in total. The minimum Gasteiger partial charge on any atom is -0.381 e. The van der Waals surface area contributed by atoms with Crippen molar-refractivity contribution in [2.45, 2.75) is 55.3 Å². The highest BCUT2D eigenvalue weighted by atomic mass is 32.2. The summed E-state index contributed by atoms with van der Waals surface area (Å²) in [5, 5.41) is 9.84. The molecule has 9 heteroatoms. The summed E-state index contributed by atoms with van der Waals surface area (Å²) in [7, 11) is 2.06. The van der Waals surface area contributed by atoms with Crippen LogP contribution >= 0.6 is 11.8 Å². The van der Waals surface area contributed by atoms with Gasteiger partial charge >= 0.3 is 6.18 Å². The summed E-state index contributed by atoms with van der Waals surface area (Å²) in [5.41, 5.74) is 0.770. The summed E-state index contributed by atoms with van der Waals surface area (Å²) >= 11 is 1.77. The molecule has 1 saturated carbocycles. The van der Waals surface area contributed by atoms with Crippen molar-refractivity contribution < 1.29 is 17.9 Å². The van der Waals surface area contributed by atoms with E-state index in [9.17, 15) is 13.2 Å². The molecule has 0 radical (unpaired) electrons. The van der Waals surface area contributed by atoms with Crippen molar-refractivity contribution in [1.29, 1.82) is 0 Å². The average molecular weight is 481 g/mol. The van der Waals surface area contributed by atoms with Crippen molar-refractivity contribution in [2.24, 2.45) is 12.5 Å². The zero-order valence-electron chi connectivity index (χ0n) is 19.0. The van der Waals surface area contributed by atoms with E-state index < -0.39 is 11.7 Å². The van der Waals surface area contributed by atoms with Crippen LogP contribution in [0.5, 0.6) is 0 Å². The van der Waals surface area contributed by atoms with Gasteiger partial charge in [-0.05, 0) is 74.2 Å². The van der Waals surface area contributed by atoms with Crippen LogP contribution in [0.25, 0.3) is 0 Å². The fourth-order valence-corrected chi connectivity index (χ4v) is 6.41. The fraction of sp³-hybridized carbons (Fsp3) is 0.667. The standard InChI is InChI=1S/C24H31F3N4OS/c1-30-21(18-7-12-32-13-8-18)28-29-22(30)33-14-2-10-31-11-9-23(16-31)15-20(23)17-3-5-19(6-4-17)24(25,26)27/h3-6,18,20H,2,7-16H2,1H3/t20-,23?/m0/s1. The second-order valence-electron chi connectivity index (χ2n) is 9.75. The van der Waals surface area contributed by atoms with Gasteiger partial charge in [-0.3, -0.25) is 0 Å². The lowest BCUT2D eigenvalue weighted by molar-refractivity contribution is -0.137. The second-order valence-corrected chi connectivity index (χ2v) is 10.8. The monoisotopic (exact) mass is 480 g/mol. The first-order chi connectivity index (χ1) is 15.9. The molecule has 1 aromatic heterocycles. The predicted molar refractivity (Wildman–Crippen MR) is 121 cm³/mol. The molecule has 2 aromatic rings. The third-order valence-corrected chi connectivity index (χ3v) is 8.71. The van der Waals surface area contributed by atoms with E-state index in [1.165, 1.54) is 12.1 Å². The van der Waals surface area contributed by atoms with E-state index in [0.717, 1.165) is 87.2 Å². The molecule has 1 aromatic carbocycles. The van der Waals surface area contributed by atoms with E-state index in [4.69, 9.17) is 4.74 Å². The molecule has 3 fully saturated rings. The van der Waals surface area contributed by atoms with Gasteiger partial charge in [0.2, 0.25) is 0 Å². The summed E-state index contributed by atoms with van der Waals surface area (Å²) in [5.74, 6) is 2.93. The molecule has 5 rings (SSSR count). The largest absolute Gasteiger partial charge is 0.416 e. The molecule has 1 spiro atoms. The van der Waals surface area contributed by atoms with Crippen molar-refractivity contribution in [2.75, 3.05) is 38.6 Å². The van der Waals surface area contributed by atoms with Gasteiger partial charge < -0.3 is 14.2 Å². The number of benzene rings is 1. The first-order valence-corrected chi connectivity index (χ1v) is 12.8. The minimum atomic E-state index is -4.26. The molecule has 1 unspecified atom stereocenters. The summed E-state index contributed by atoms with van der Waals surface area (Å²) in [6, 6.07) is 5.81. The Morgan fingerprint density at radius 3 is 2.64 bits per heavy atom. The lowest BCUT2D eigenvalue weighted by Crippen LogP contribution is -2.23. The lowest BCUT2D eigenvalue weighted by atomic mass is 9.97. The maximum atomic E-state index is 12.8. The molecule has 33 heavy (non-hydrogen) atoms. The molecule has 2 atom stereocenters. The normalized spacial score (nSPS) is 26.4. The predicted octanol–water partition coefficient (Wildman–Crippen LogP) is 5.09. The highest BCUT2D eigenvalue weighted by Crippen LogP contribution is 2.64. The SMILES string of the molecule is Cn1c(SCCCN2CCC3(C[C@H]3c3ccc(C(F)(F)F)cc3)C2)nnc1C1CCOCC1. The van der Waals surface area contributed by atoms with Crippen LogP contribution in [0.3, 0.4) is 0 Å². The van der Waals surface area contributed by atoms with Gasteiger partial charge in [0.05, 0.1) is 5.56 Å². The first-order valence-electron chi connectivity index (χ1n) is 11.9. The van der Waals surface area contributed by atoms with Gasteiger partial charge in [0.15, 0.2) is 5.16 Å². The third-order valence-electron chi connectivity index (χ3n) is 7.60. The van der Waals surface area contributed by atoms with Crippen LogP contribution in [0.15, 0.2) is 29.4 Å². The van der Waals surface area contributed by atoms with Crippen LogP contribution < -0.4 is 0 Å². The fourth-order valence-electron chi connectivity index (χ4n) is 5.56. The molecule has 3 heterocycles. The molecule has 0 bridgehead atoms. The molecular formula is C24H31F3N4OS. The van der Waals surface area contributed by atoms with Gasteiger partial charge in [-0.25, -0.2) is 0 Å². The Morgan fingerprint density at radius 1 is 1.15 bits per heavy atom. The number of alkyl halides is 3. The highest BCUT2D eigenvalue weighted by molar-refractivity contribution is 7.99. The van der Waals surface area contributed by atoms with E-state index >= 15 is 0 Å². The lowest BCUT2D eigenvalue weighted by Gasteiger charge is -2.21. The average Bonchev–Trinajstić information content (AvgIpc) is 3.15. The van der Waals surface area contributed by atoms with E-state index in [1.807, 2.05) is 0 Å². The van der Waals surface area contributed by atoms with E-state index in [1.54, 1.807) is 23.9 Å². The number of rotatable bonds is 7. The molecule has 2 aliphatic heterocycles. The zero-order valence-corrected chi connectivity index (χ0v) is 19.8. The number of ether oxygens (including phenoxy) is 1. The molecule has 180 valence electrons. The number of likely N-dealkylation sites (tertiary alicyclic amines) is 1. The smallest absolute Gasteiger partial charge is 0.381 e. The number of halogens is 3. The summed E-state index contributed by atoms with van der Waals surface area (Å²) in [6.45, 7) is 4.80. The van der Waals surface area contributed by atoms with Crippen LogP contribution in [0.4, 0.5) is 13.2 Å². The second kappa shape index (κ2) is 9.23. The zero-order chi connectivity index (χ0) is 23.1. The van der Waals surface area contributed by atoms with Gasteiger partial charge in [0.25, 0.3) is 0 Å². The Labute approximate surface area is 197 Å². The van der Waals surface area contributed by atoms with E-state index in [2.05, 4.69) is 26.7 Å². The van der Waals surface area contributed by atoms with Gasteiger partial charge in [-0.2, -0.15) is 13.2 Å². The Bertz CT molecular complexity index is 958. The molecule has 1 aliphatic carbocycles. The van der Waals surface area contributed by atoms with Crippen molar-refractivity contribution in [1.82, 2.24) is 19.7 Å². The van der Waals surface area contributed by atoms with E-state index in [0.29, 0.717) is 11.8 Å². The van der Waals surface area contributed by atoms with Gasteiger partial charge in [-0.15, -0.1) is 10.2 Å². The topological polar surface area (TPSA) is 43.2 Å². The molecular weight excluding hydrogens is 449 g/mol. The van der Waals surface area contributed by atoms with Crippen LogP contribution in [0.2, 0.25) is 0 Å². The highest BCUT2D eigenvalue weighted by Gasteiger charge is 2.57. The van der Waals surface area contributed by atoms with Crippen molar-refractivity contribution >= 4 is 11.8 Å². The van der Waals surface area contributed by atoms with Crippen LogP contribution in [-0.2, 0) is 18.0 Å². The van der Waals surface area contributed by atoms with Crippen molar-refractivity contribution in [3.63, 3.8) is 0 Å². The summed E-state index contributed by atoms with van der Waals surface area (Å²) in [4.78, 5) is 2.52. The van der Waals surface area contributed by atoms with Crippen LogP contribution in [0, 0.1) is 5.41 Å². The Morgan fingerprint density at radius 2 is 1.91 bits per heavy atom. The van der Waals surface area contributed by atoms with Gasteiger partial charge in [-0.1, -0.05) is 23.9 Å². The van der Waals surface area contributed by atoms with Crippen LogP contribution in [-0.4, -0.2) is 58.3 Å². The molecule has 0 amide bonds. The van der Waals surface area contributed by atoms with Gasteiger partial charge in [0.1, 0.15) is 5.82 Å². The maximum Gasteiger partial charge on any atom is 0.416 e.